The van der Waals surface area contributed by atoms with Gasteiger partial charge in [-0.25, -0.2) is 4.98 Å². The van der Waals surface area contributed by atoms with Crippen LogP contribution < -0.4 is 16.2 Å². The molecule has 0 spiro atoms. The number of rotatable bonds is 3. The van der Waals surface area contributed by atoms with Gasteiger partial charge in [0.05, 0.1) is 17.3 Å². The SMILES string of the molecule is Cc1ccc(NC(=S)NNC(=O)c2cc(-c3ccco3)nc3ccccc23)c(C)c1. The Morgan fingerprint density at radius 1 is 1.00 bits per heavy atom. The summed E-state index contributed by atoms with van der Waals surface area (Å²) in [6.45, 7) is 4.03. The predicted octanol–water partition coefficient (Wildman–Crippen LogP) is 4.74. The molecule has 0 unspecified atom stereocenters. The first-order valence-corrected chi connectivity index (χ1v) is 9.80. The van der Waals surface area contributed by atoms with Crippen molar-refractivity contribution in [3.63, 3.8) is 0 Å². The third kappa shape index (κ3) is 4.16. The molecule has 0 aliphatic carbocycles. The zero-order valence-electron chi connectivity index (χ0n) is 16.5. The van der Waals surface area contributed by atoms with E-state index in [0.717, 1.165) is 16.6 Å². The van der Waals surface area contributed by atoms with Crippen LogP contribution in [0, 0.1) is 13.8 Å². The van der Waals surface area contributed by atoms with E-state index >= 15 is 0 Å². The lowest BCUT2D eigenvalue weighted by molar-refractivity contribution is 0.0946. The lowest BCUT2D eigenvalue weighted by Gasteiger charge is -2.14. The molecule has 0 fully saturated rings. The van der Waals surface area contributed by atoms with E-state index in [1.165, 1.54) is 5.56 Å². The highest BCUT2D eigenvalue weighted by atomic mass is 32.1. The maximum absolute atomic E-state index is 12.9. The predicted molar refractivity (Wildman–Crippen MR) is 122 cm³/mol. The zero-order valence-corrected chi connectivity index (χ0v) is 17.3. The van der Waals surface area contributed by atoms with Crippen LogP contribution in [0.1, 0.15) is 21.5 Å². The van der Waals surface area contributed by atoms with Crippen molar-refractivity contribution in [2.24, 2.45) is 0 Å². The first kappa shape index (κ1) is 19.6. The third-order valence-electron chi connectivity index (χ3n) is 4.65. The summed E-state index contributed by atoms with van der Waals surface area (Å²) >= 11 is 5.32. The van der Waals surface area contributed by atoms with Crippen LogP contribution >= 0.6 is 12.2 Å². The Labute approximate surface area is 179 Å². The number of thiocarbonyl (C=S) groups is 1. The number of anilines is 1. The molecule has 0 atom stereocenters. The number of para-hydroxylation sites is 1. The summed E-state index contributed by atoms with van der Waals surface area (Å²) in [6.07, 6.45) is 1.57. The van der Waals surface area contributed by atoms with E-state index in [0.29, 0.717) is 27.6 Å². The Morgan fingerprint density at radius 3 is 2.60 bits per heavy atom. The van der Waals surface area contributed by atoms with Crippen molar-refractivity contribution in [1.82, 2.24) is 15.8 Å². The van der Waals surface area contributed by atoms with E-state index in [2.05, 4.69) is 27.2 Å². The van der Waals surface area contributed by atoms with Crippen LogP contribution in [0.25, 0.3) is 22.4 Å². The van der Waals surface area contributed by atoms with Gasteiger partial charge in [-0.3, -0.25) is 15.6 Å². The summed E-state index contributed by atoms with van der Waals surface area (Å²) in [4.78, 5) is 17.5. The van der Waals surface area contributed by atoms with Gasteiger partial charge in [-0.2, -0.15) is 0 Å². The topological polar surface area (TPSA) is 79.2 Å². The highest BCUT2D eigenvalue weighted by Crippen LogP contribution is 2.25. The molecule has 2 aromatic heterocycles. The Kier molecular flexibility index (Phi) is 5.45. The number of aryl methyl sites for hydroxylation is 2. The van der Waals surface area contributed by atoms with Crippen molar-refractivity contribution in [3.8, 4) is 11.5 Å². The molecule has 150 valence electrons. The molecule has 0 bridgehead atoms. The minimum Gasteiger partial charge on any atom is -0.463 e. The molecule has 2 heterocycles. The van der Waals surface area contributed by atoms with Crippen LogP contribution in [0.3, 0.4) is 0 Å². The molecule has 0 aliphatic rings. The summed E-state index contributed by atoms with van der Waals surface area (Å²) in [5.74, 6) is 0.265. The maximum atomic E-state index is 12.9. The number of carbonyl (C=O) groups excluding carboxylic acids is 1. The first-order chi connectivity index (χ1) is 14.5. The van der Waals surface area contributed by atoms with Gasteiger partial charge in [-0.05, 0) is 62.0 Å². The van der Waals surface area contributed by atoms with Crippen LogP contribution in [-0.2, 0) is 0 Å². The van der Waals surface area contributed by atoms with Crippen LogP contribution in [0.5, 0.6) is 0 Å². The van der Waals surface area contributed by atoms with Crippen LogP contribution in [0.15, 0.2) is 71.3 Å². The number of nitrogens with one attached hydrogen (secondary N) is 3. The fraction of sp³-hybridized carbons (Fsp3) is 0.0870. The van der Waals surface area contributed by atoms with Crippen molar-refractivity contribution >= 4 is 39.8 Å². The first-order valence-electron chi connectivity index (χ1n) is 9.39. The van der Waals surface area contributed by atoms with Gasteiger partial charge in [-0.1, -0.05) is 35.9 Å². The molecule has 4 aromatic rings. The highest BCUT2D eigenvalue weighted by molar-refractivity contribution is 7.80. The number of carbonyl (C=O) groups is 1. The molecule has 0 saturated heterocycles. The van der Waals surface area contributed by atoms with Gasteiger partial charge in [0.15, 0.2) is 10.9 Å². The molecule has 0 aliphatic heterocycles. The standard InChI is InChI=1S/C23H20N4O2S/c1-14-9-10-18(15(2)12-14)25-23(30)27-26-22(28)17-13-20(21-8-5-11-29-21)24-19-7-4-3-6-16(17)19/h3-13H,1-2H3,(H,26,28)(H2,25,27,30). The summed E-state index contributed by atoms with van der Waals surface area (Å²) < 4.78 is 5.45. The van der Waals surface area contributed by atoms with Gasteiger partial charge < -0.3 is 9.73 Å². The molecular formula is C23H20N4O2S. The van der Waals surface area contributed by atoms with Gasteiger partial charge >= 0.3 is 0 Å². The van der Waals surface area contributed by atoms with E-state index in [1.807, 2.05) is 50.2 Å². The summed E-state index contributed by atoms with van der Waals surface area (Å²) in [5, 5.41) is 4.12. The number of furan rings is 1. The summed E-state index contributed by atoms with van der Waals surface area (Å²) in [6, 6.07) is 18.8. The molecule has 0 radical (unpaired) electrons. The number of aromatic nitrogens is 1. The van der Waals surface area contributed by atoms with Gasteiger partial charge in [0.2, 0.25) is 0 Å². The molecule has 0 saturated carbocycles. The molecule has 4 rings (SSSR count). The van der Waals surface area contributed by atoms with Crippen LogP contribution in [0.2, 0.25) is 0 Å². The molecule has 30 heavy (non-hydrogen) atoms. The third-order valence-corrected chi connectivity index (χ3v) is 4.86. The van der Waals surface area contributed by atoms with E-state index in [-0.39, 0.29) is 5.91 Å². The van der Waals surface area contributed by atoms with E-state index < -0.39 is 0 Å². The number of hydrazine groups is 1. The largest absolute Gasteiger partial charge is 0.463 e. The smallest absolute Gasteiger partial charge is 0.270 e. The second-order valence-electron chi connectivity index (χ2n) is 6.90. The Hall–Kier alpha value is -3.71. The van der Waals surface area contributed by atoms with Crippen LogP contribution in [-0.4, -0.2) is 16.0 Å². The minimum absolute atomic E-state index is 0.292. The number of hydrogen-bond acceptors (Lipinski definition) is 4. The summed E-state index contributed by atoms with van der Waals surface area (Å²) in [7, 11) is 0. The van der Waals surface area contributed by atoms with Gasteiger partial charge in [0, 0.05) is 11.1 Å². The van der Waals surface area contributed by atoms with Crippen molar-refractivity contribution in [3.05, 3.63) is 83.6 Å². The number of benzene rings is 2. The fourth-order valence-corrected chi connectivity index (χ4v) is 3.36. The fourth-order valence-electron chi connectivity index (χ4n) is 3.20. The number of fused-ring (bicyclic) bond motifs is 1. The van der Waals surface area contributed by atoms with Crippen molar-refractivity contribution in [2.45, 2.75) is 13.8 Å². The average molecular weight is 417 g/mol. The lowest BCUT2D eigenvalue weighted by atomic mass is 10.1. The Balaban J connectivity index is 1.53. The monoisotopic (exact) mass is 416 g/mol. The number of amides is 1. The number of hydrogen-bond donors (Lipinski definition) is 3. The van der Waals surface area contributed by atoms with Crippen molar-refractivity contribution in [2.75, 3.05) is 5.32 Å². The van der Waals surface area contributed by atoms with E-state index in [9.17, 15) is 4.79 Å². The van der Waals surface area contributed by atoms with Gasteiger partial charge in [-0.15, -0.1) is 0 Å². The van der Waals surface area contributed by atoms with Gasteiger partial charge in [0.1, 0.15) is 5.69 Å². The van der Waals surface area contributed by atoms with Crippen molar-refractivity contribution < 1.29 is 9.21 Å². The number of pyridine rings is 1. The Bertz CT molecular complexity index is 1240. The molecule has 1 amide bonds. The Morgan fingerprint density at radius 2 is 1.83 bits per heavy atom. The normalized spacial score (nSPS) is 10.6. The van der Waals surface area contributed by atoms with Gasteiger partial charge in [0.25, 0.3) is 5.91 Å². The zero-order chi connectivity index (χ0) is 21.1. The molecule has 6 nitrogen and oxygen atoms in total. The minimum atomic E-state index is -0.328. The molecule has 3 N–H and O–H groups in total. The second-order valence-corrected chi connectivity index (χ2v) is 7.31. The van der Waals surface area contributed by atoms with E-state index in [1.54, 1.807) is 24.5 Å². The molecule has 7 heteroatoms. The maximum Gasteiger partial charge on any atom is 0.270 e. The number of nitrogens with zero attached hydrogens (tertiary/aromatic N) is 1. The van der Waals surface area contributed by atoms with Crippen molar-refractivity contribution in [1.29, 1.82) is 0 Å². The van der Waals surface area contributed by atoms with Crippen LogP contribution in [0.4, 0.5) is 5.69 Å². The second kappa shape index (κ2) is 8.34. The van der Waals surface area contributed by atoms with E-state index in [4.69, 9.17) is 16.6 Å². The summed E-state index contributed by atoms with van der Waals surface area (Å²) in [5.41, 5.74) is 10.3. The molecular weight excluding hydrogens is 396 g/mol. The average Bonchev–Trinajstić information content (AvgIpc) is 3.28. The quantitative estimate of drug-likeness (QED) is 0.331. The highest BCUT2D eigenvalue weighted by Gasteiger charge is 2.15. The molecule has 2 aromatic carbocycles. The lowest BCUT2D eigenvalue weighted by Crippen LogP contribution is -2.43.